The molecule has 0 amide bonds. The highest BCUT2D eigenvalue weighted by Crippen LogP contribution is 2.17. The van der Waals surface area contributed by atoms with Crippen LogP contribution in [-0.4, -0.2) is 4.98 Å². The molecule has 1 aromatic heterocycles. The fourth-order valence-corrected chi connectivity index (χ4v) is 1.87. The second-order valence-electron chi connectivity index (χ2n) is 2.94. The zero-order chi connectivity index (χ0) is 10.7. The van der Waals surface area contributed by atoms with Gasteiger partial charge in [-0.3, -0.25) is 0 Å². The number of anilines is 1. The number of benzene rings is 1. The molecule has 1 aromatic carbocycles. The largest absolute Gasteiger partial charge is 0.357 e. The van der Waals surface area contributed by atoms with Crippen LogP contribution in [0, 0.1) is 5.82 Å². The second kappa shape index (κ2) is 4.59. The van der Waals surface area contributed by atoms with Gasteiger partial charge in [-0.25, -0.2) is 9.37 Å². The number of halogens is 2. The highest BCUT2D eigenvalue weighted by molar-refractivity contribution is 7.13. The predicted molar refractivity (Wildman–Crippen MR) is 60.9 cm³/mol. The van der Waals surface area contributed by atoms with Crippen LogP contribution in [0.5, 0.6) is 0 Å². The molecule has 15 heavy (non-hydrogen) atoms. The quantitative estimate of drug-likeness (QED) is 0.891. The molecule has 78 valence electrons. The Labute approximate surface area is 95.7 Å². The summed E-state index contributed by atoms with van der Waals surface area (Å²) < 4.78 is 12.8. The molecule has 0 fully saturated rings. The Morgan fingerprint density at radius 3 is 3.00 bits per heavy atom. The van der Waals surface area contributed by atoms with Crippen molar-refractivity contribution in [3.8, 4) is 0 Å². The molecule has 2 aromatic rings. The molecule has 0 bridgehead atoms. The van der Waals surface area contributed by atoms with Crippen molar-refractivity contribution in [2.45, 2.75) is 6.54 Å². The standard InChI is InChI=1S/C10H8ClFN2S/c11-8-5-7(1-2-9(8)12)6-14-10-13-3-4-15-10/h1-5H,6H2,(H,13,14). The van der Waals surface area contributed by atoms with Gasteiger partial charge in [-0.15, -0.1) is 11.3 Å². The van der Waals surface area contributed by atoms with E-state index in [9.17, 15) is 4.39 Å². The molecule has 0 saturated carbocycles. The molecular weight excluding hydrogens is 235 g/mol. The first-order valence-corrected chi connectivity index (χ1v) is 5.59. The maximum Gasteiger partial charge on any atom is 0.182 e. The first-order chi connectivity index (χ1) is 7.25. The summed E-state index contributed by atoms with van der Waals surface area (Å²) in [5.41, 5.74) is 0.927. The fourth-order valence-electron chi connectivity index (χ4n) is 1.14. The van der Waals surface area contributed by atoms with Crippen LogP contribution in [0.1, 0.15) is 5.56 Å². The van der Waals surface area contributed by atoms with Crippen molar-refractivity contribution in [1.82, 2.24) is 4.98 Å². The third-order valence-electron chi connectivity index (χ3n) is 1.86. The molecule has 0 aliphatic carbocycles. The number of aromatic nitrogens is 1. The third kappa shape index (κ3) is 2.67. The van der Waals surface area contributed by atoms with E-state index in [1.54, 1.807) is 18.3 Å². The first kappa shape index (κ1) is 10.4. The van der Waals surface area contributed by atoms with Gasteiger partial charge in [0.2, 0.25) is 0 Å². The first-order valence-electron chi connectivity index (χ1n) is 4.33. The smallest absolute Gasteiger partial charge is 0.182 e. The zero-order valence-electron chi connectivity index (χ0n) is 7.71. The zero-order valence-corrected chi connectivity index (χ0v) is 9.28. The number of hydrogen-bond acceptors (Lipinski definition) is 3. The molecule has 0 spiro atoms. The summed E-state index contributed by atoms with van der Waals surface area (Å²) in [5.74, 6) is -0.394. The highest BCUT2D eigenvalue weighted by atomic mass is 35.5. The summed E-state index contributed by atoms with van der Waals surface area (Å²) in [5, 5.41) is 5.99. The minimum atomic E-state index is -0.394. The molecule has 0 saturated heterocycles. The average Bonchev–Trinajstić information content (AvgIpc) is 2.73. The van der Waals surface area contributed by atoms with Crippen LogP contribution in [-0.2, 0) is 6.54 Å². The van der Waals surface area contributed by atoms with Crippen LogP contribution in [0.2, 0.25) is 5.02 Å². The fraction of sp³-hybridized carbons (Fsp3) is 0.100. The van der Waals surface area contributed by atoms with Crippen molar-refractivity contribution < 1.29 is 4.39 Å². The van der Waals surface area contributed by atoms with Crippen molar-refractivity contribution in [1.29, 1.82) is 0 Å². The molecule has 0 atom stereocenters. The molecule has 1 heterocycles. The molecule has 2 nitrogen and oxygen atoms in total. The van der Waals surface area contributed by atoms with E-state index < -0.39 is 5.82 Å². The molecule has 0 aliphatic rings. The van der Waals surface area contributed by atoms with Crippen molar-refractivity contribution in [3.63, 3.8) is 0 Å². The summed E-state index contributed by atoms with van der Waals surface area (Å²) in [6.07, 6.45) is 1.73. The van der Waals surface area contributed by atoms with E-state index in [-0.39, 0.29) is 5.02 Å². The Morgan fingerprint density at radius 1 is 1.47 bits per heavy atom. The molecule has 5 heteroatoms. The molecular formula is C10H8ClFN2S. The summed E-state index contributed by atoms with van der Waals surface area (Å²) in [4.78, 5) is 4.07. The molecule has 2 rings (SSSR count). The number of nitrogens with zero attached hydrogens (tertiary/aromatic N) is 1. The van der Waals surface area contributed by atoms with Crippen LogP contribution in [0.3, 0.4) is 0 Å². The van der Waals surface area contributed by atoms with Crippen molar-refractivity contribution in [2.24, 2.45) is 0 Å². The summed E-state index contributed by atoms with van der Waals surface area (Å²) in [6, 6.07) is 4.67. The monoisotopic (exact) mass is 242 g/mol. The maximum absolute atomic E-state index is 12.8. The van der Waals surface area contributed by atoms with Crippen molar-refractivity contribution in [2.75, 3.05) is 5.32 Å². The Kier molecular flexibility index (Phi) is 3.18. The molecule has 0 radical (unpaired) electrons. The van der Waals surface area contributed by atoms with Crippen molar-refractivity contribution >= 4 is 28.1 Å². The van der Waals surface area contributed by atoms with Gasteiger partial charge in [0.25, 0.3) is 0 Å². The van der Waals surface area contributed by atoms with E-state index in [0.717, 1.165) is 10.7 Å². The van der Waals surface area contributed by atoms with E-state index in [1.165, 1.54) is 17.4 Å². The molecule has 1 N–H and O–H groups in total. The van der Waals surface area contributed by atoms with Gasteiger partial charge in [-0.1, -0.05) is 17.7 Å². The van der Waals surface area contributed by atoms with E-state index in [4.69, 9.17) is 11.6 Å². The lowest BCUT2D eigenvalue weighted by Crippen LogP contribution is -1.98. The van der Waals surface area contributed by atoms with Gasteiger partial charge in [-0.05, 0) is 17.7 Å². The normalized spacial score (nSPS) is 10.3. The Morgan fingerprint density at radius 2 is 2.33 bits per heavy atom. The minimum absolute atomic E-state index is 0.147. The topological polar surface area (TPSA) is 24.9 Å². The highest BCUT2D eigenvalue weighted by Gasteiger charge is 2.01. The van der Waals surface area contributed by atoms with Gasteiger partial charge in [0.1, 0.15) is 5.82 Å². The molecule has 0 unspecified atom stereocenters. The summed E-state index contributed by atoms with van der Waals surface area (Å²) in [6.45, 7) is 0.591. The van der Waals surface area contributed by atoms with Crippen LogP contribution in [0.15, 0.2) is 29.8 Å². The van der Waals surface area contributed by atoms with Gasteiger partial charge < -0.3 is 5.32 Å². The van der Waals surface area contributed by atoms with Gasteiger partial charge in [0, 0.05) is 18.1 Å². The van der Waals surface area contributed by atoms with Gasteiger partial charge in [0.15, 0.2) is 5.13 Å². The van der Waals surface area contributed by atoms with E-state index in [1.807, 2.05) is 5.38 Å². The number of hydrogen-bond donors (Lipinski definition) is 1. The van der Waals surface area contributed by atoms with Crippen molar-refractivity contribution in [3.05, 3.63) is 46.2 Å². The predicted octanol–water partition coefficient (Wildman–Crippen LogP) is 3.55. The summed E-state index contributed by atoms with van der Waals surface area (Å²) in [7, 11) is 0. The van der Waals surface area contributed by atoms with Crippen LogP contribution in [0.25, 0.3) is 0 Å². The van der Waals surface area contributed by atoms with Crippen LogP contribution >= 0.6 is 22.9 Å². The van der Waals surface area contributed by atoms with Gasteiger partial charge in [-0.2, -0.15) is 0 Å². The minimum Gasteiger partial charge on any atom is -0.357 e. The van der Waals surface area contributed by atoms with E-state index >= 15 is 0 Å². The SMILES string of the molecule is Fc1ccc(CNc2nccs2)cc1Cl. The van der Waals surface area contributed by atoms with Gasteiger partial charge >= 0.3 is 0 Å². The lowest BCUT2D eigenvalue weighted by molar-refractivity contribution is 0.627. The summed E-state index contributed by atoms with van der Waals surface area (Å²) >= 11 is 7.18. The lowest BCUT2D eigenvalue weighted by atomic mass is 10.2. The van der Waals surface area contributed by atoms with Crippen LogP contribution < -0.4 is 5.32 Å². The van der Waals surface area contributed by atoms with E-state index in [2.05, 4.69) is 10.3 Å². The number of rotatable bonds is 3. The number of nitrogens with one attached hydrogen (secondary N) is 1. The van der Waals surface area contributed by atoms with E-state index in [0.29, 0.717) is 6.54 Å². The Bertz CT molecular complexity index is 445. The van der Waals surface area contributed by atoms with Crippen LogP contribution in [0.4, 0.5) is 9.52 Å². The molecule has 0 aliphatic heterocycles. The Balaban J connectivity index is 2.02. The van der Waals surface area contributed by atoms with Gasteiger partial charge in [0.05, 0.1) is 5.02 Å². The Hall–Kier alpha value is -1.13. The lowest BCUT2D eigenvalue weighted by Gasteiger charge is -2.03. The number of thiazole rings is 1. The third-order valence-corrected chi connectivity index (χ3v) is 2.88. The second-order valence-corrected chi connectivity index (χ2v) is 4.24. The average molecular weight is 243 g/mol. The maximum atomic E-state index is 12.8.